The van der Waals surface area contributed by atoms with Gasteiger partial charge in [-0.25, -0.2) is 4.79 Å². The second-order valence-electron chi connectivity index (χ2n) is 7.03. The predicted octanol–water partition coefficient (Wildman–Crippen LogP) is 5.15. The van der Waals surface area contributed by atoms with E-state index in [4.69, 9.17) is 14.2 Å². The first-order valence-corrected chi connectivity index (χ1v) is 9.47. The van der Waals surface area contributed by atoms with Crippen LogP contribution in [0.1, 0.15) is 37.4 Å². The highest BCUT2D eigenvalue weighted by Gasteiger charge is 2.30. The minimum absolute atomic E-state index is 0.206. The molecule has 0 spiro atoms. The predicted molar refractivity (Wildman–Crippen MR) is 113 cm³/mol. The number of hydrogen-bond donors (Lipinski definition) is 0. The molecule has 0 amide bonds. The van der Waals surface area contributed by atoms with Crippen LogP contribution in [-0.4, -0.2) is 18.9 Å². The molecule has 1 aliphatic rings. The fraction of sp³-hybridized carbons (Fsp3) is 0.120. The van der Waals surface area contributed by atoms with Crippen molar-refractivity contribution >= 4 is 17.8 Å². The van der Waals surface area contributed by atoms with Crippen LogP contribution in [0.3, 0.4) is 0 Å². The lowest BCUT2D eigenvalue weighted by Crippen LogP contribution is -2.10. The van der Waals surface area contributed by atoms with Crippen LogP contribution in [0.5, 0.6) is 17.2 Å². The third kappa shape index (κ3) is 3.70. The van der Waals surface area contributed by atoms with E-state index in [0.717, 1.165) is 11.1 Å². The van der Waals surface area contributed by atoms with Crippen LogP contribution in [0.15, 0.2) is 66.4 Å². The zero-order valence-corrected chi connectivity index (χ0v) is 16.9. The molecule has 150 valence electrons. The molecule has 0 fully saturated rings. The van der Waals surface area contributed by atoms with E-state index in [1.165, 1.54) is 0 Å². The lowest BCUT2D eigenvalue weighted by Gasteiger charge is -2.09. The second-order valence-corrected chi connectivity index (χ2v) is 7.03. The Kier molecular flexibility index (Phi) is 5.11. The van der Waals surface area contributed by atoms with Gasteiger partial charge in [0.15, 0.2) is 5.76 Å². The molecule has 0 saturated heterocycles. The van der Waals surface area contributed by atoms with Crippen molar-refractivity contribution in [3.05, 3.63) is 94.2 Å². The van der Waals surface area contributed by atoms with E-state index in [-0.39, 0.29) is 11.5 Å². The fourth-order valence-corrected chi connectivity index (χ4v) is 3.38. The molecule has 0 radical (unpaired) electrons. The number of carbonyl (C=O) groups is 2. The van der Waals surface area contributed by atoms with Crippen LogP contribution in [0.2, 0.25) is 0 Å². The fourth-order valence-electron chi connectivity index (χ4n) is 3.38. The van der Waals surface area contributed by atoms with Crippen molar-refractivity contribution in [3.8, 4) is 17.2 Å². The summed E-state index contributed by atoms with van der Waals surface area (Å²) in [4.78, 5) is 25.4. The molecule has 4 rings (SSSR count). The van der Waals surface area contributed by atoms with E-state index in [2.05, 4.69) is 0 Å². The van der Waals surface area contributed by atoms with E-state index in [1.807, 2.05) is 43.3 Å². The summed E-state index contributed by atoms with van der Waals surface area (Å²) >= 11 is 0. The summed E-state index contributed by atoms with van der Waals surface area (Å²) in [5.74, 6) is 0.945. The normalized spacial score (nSPS) is 13.7. The molecule has 0 unspecified atom stereocenters. The summed E-state index contributed by atoms with van der Waals surface area (Å²) in [5.41, 5.74) is 3.26. The number of hydrogen-bond acceptors (Lipinski definition) is 5. The van der Waals surface area contributed by atoms with Crippen LogP contribution < -0.4 is 14.2 Å². The maximum Gasteiger partial charge on any atom is 0.343 e. The molecular formula is C25H20O5. The number of methoxy groups -OCH3 is 1. The molecule has 0 aliphatic carbocycles. The third-order valence-electron chi connectivity index (χ3n) is 4.91. The van der Waals surface area contributed by atoms with E-state index < -0.39 is 5.97 Å². The highest BCUT2D eigenvalue weighted by atomic mass is 16.5. The number of esters is 1. The molecule has 0 saturated carbocycles. The van der Waals surface area contributed by atoms with Crippen molar-refractivity contribution in [2.75, 3.05) is 7.11 Å². The minimum atomic E-state index is -0.455. The number of rotatable bonds is 4. The third-order valence-corrected chi connectivity index (χ3v) is 4.91. The molecule has 1 heterocycles. The summed E-state index contributed by atoms with van der Waals surface area (Å²) in [6.07, 6.45) is 1.67. The van der Waals surface area contributed by atoms with Gasteiger partial charge in [0.05, 0.1) is 18.2 Å². The van der Waals surface area contributed by atoms with Crippen molar-refractivity contribution < 1.29 is 23.8 Å². The monoisotopic (exact) mass is 400 g/mol. The van der Waals surface area contributed by atoms with Crippen LogP contribution in [0.25, 0.3) is 6.08 Å². The Morgan fingerprint density at radius 3 is 2.50 bits per heavy atom. The molecule has 3 aromatic rings. The van der Waals surface area contributed by atoms with Gasteiger partial charge in [-0.2, -0.15) is 0 Å². The van der Waals surface area contributed by atoms with Crippen molar-refractivity contribution in [1.82, 2.24) is 0 Å². The van der Waals surface area contributed by atoms with Crippen LogP contribution in [0.4, 0.5) is 0 Å². The average molecular weight is 400 g/mol. The summed E-state index contributed by atoms with van der Waals surface area (Å²) in [6, 6.07) is 17.8. The first kappa shape index (κ1) is 19.5. The van der Waals surface area contributed by atoms with Crippen molar-refractivity contribution in [2.24, 2.45) is 0 Å². The molecule has 30 heavy (non-hydrogen) atoms. The zero-order chi connectivity index (χ0) is 21.3. The van der Waals surface area contributed by atoms with Gasteiger partial charge < -0.3 is 14.2 Å². The van der Waals surface area contributed by atoms with E-state index in [9.17, 15) is 9.59 Å². The van der Waals surface area contributed by atoms with Gasteiger partial charge in [0.2, 0.25) is 5.78 Å². The number of benzene rings is 3. The molecule has 0 N–H and O–H groups in total. The maximum absolute atomic E-state index is 12.8. The van der Waals surface area contributed by atoms with Crippen LogP contribution >= 0.6 is 0 Å². The molecule has 1 aliphatic heterocycles. The number of ether oxygens (including phenoxy) is 3. The van der Waals surface area contributed by atoms with Crippen LogP contribution in [0, 0.1) is 13.8 Å². The first-order valence-electron chi connectivity index (χ1n) is 9.47. The van der Waals surface area contributed by atoms with Gasteiger partial charge in [0.1, 0.15) is 17.2 Å². The van der Waals surface area contributed by atoms with Crippen LogP contribution in [-0.2, 0) is 0 Å². The standard InChI is InChI=1S/C25H20O5/c1-15-7-4-5-10-20(15)25(27)29-19-11-16(2)23-21(14-19)30-22(24(23)26)13-17-8-6-9-18(12-17)28-3/h4-14H,1-3H3/b22-13-. The van der Waals surface area contributed by atoms with Gasteiger partial charge in [0.25, 0.3) is 0 Å². The molecule has 0 atom stereocenters. The Morgan fingerprint density at radius 1 is 0.933 bits per heavy atom. The maximum atomic E-state index is 12.8. The first-order chi connectivity index (χ1) is 14.5. The Bertz CT molecular complexity index is 1190. The molecule has 0 aromatic heterocycles. The Balaban J connectivity index is 1.62. The molecule has 0 bridgehead atoms. The minimum Gasteiger partial charge on any atom is -0.497 e. The summed E-state index contributed by atoms with van der Waals surface area (Å²) in [6.45, 7) is 3.64. The number of allylic oxidation sites excluding steroid dienone is 1. The van der Waals surface area contributed by atoms with E-state index in [1.54, 1.807) is 44.4 Å². The smallest absolute Gasteiger partial charge is 0.343 e. The molecule has 3 aromatic carbocycles. The Labute approximate surface area is 174 Å². The number of ketones is 1. The topological polar surface area (TPSA) is 61.8 Å². The second kappa shape index (κ2) is 7.87. The Morgan fingerprint density at radius 2 is 1.73 bits per heavy atom. The average Bonchev–Trinajstić information content (AvgIpc) is 3.04. The van der Waals surface area contributed by atoms with E-state index >= 15 is 0 Å². The zero-order valence-electron chi connectivity index (χ0n) is 16.9. The highest BCUT2D eigenvalue weighted by molar-refractivity contribution is 6.15. The SMILES string of the molecule is COc1cccc(/C=C2\Oc3cc(OC(=O)c4ccccc4C)cc(C)c3C2=O)c1. The van der Waals surface area contributed by atoms with Gasteiger partial charge >= 0.3 is 5.97 Å². The Hall–Kier alpha value is -3.86. The number of fused-ring (bicyclic) bond motifs is 1. The lowest BCUT2D eigenvalue weighted by molar-refractivity contribution is 0.0733. The number of Topliss-reactive ketones (excluding diaryl/α,β-unsaturated/α-hetero) is 1. The summed E-state index contributed by atoms with van der Waals surface area (Å²) < 4.78 is 16.6. The van der Waals surface area contributed by atoms with Gasteiger partial charge in [-0.05, 0) is 60.9 Å². The lowest BCUT2D eigenvalue weighted by atomic mass is 10.0. The summed E-state index contributed by atoms with van der Waals surface area (Å²) in [7, 11) is 1.59. The summed E-state index contributed by atoms with van der Waals surface area (Å²) in [5, 5.41) is 0. The van der Waals surface area contributed by atoms with Gasteiger partial charge in [-0.1, -0.05) is 30.3 Å². The number of carbonyl (C=O) groups excluding carboxylic acids is 2. The van der Waals surface area contributed by atoms with Gasteiger partial charge in [-0.15, -0.1) is 0 Å². The van der Waals surface area contributed by atoms with Crippen molar-refractivity contribution in [2.45, 2.75) is 13.8 Å². The van der Waals surface area contributed by atoms with E-state index in [0.29, 0.717) is 33.9 Å². The molecule has 5 heteroatoms. The number of aryl methyl sites for hydroxylation is 2. The largest absolute Gasteiger partial charge is 0.497 e. The quantitative estimate of drug-likeness (QED) is 0.344. The van der Waals surface area contributed by atoms with Gasteiger partial charge in [-0.3, -0.25) is 4.79 Å². The van der Waals surface area contributed by atoms with Crippen molar-refractivity contribution in [1.29, 1.82) is 0 Å². The van der Waals surface area contributed by atoms with Crippen molar-refractivity contribution in [3.63, 3.8) is 0 Å². The molecule has 5 nitrogen and oxygen atoms in total. The molecular weight excluding hydrogens is 380 g/mol. The highest BCUT2D eigenvalue weighted by Crippen LogP contribution is 2.38. The van der Waals surface area contributed by atoms with Gasteiger partial charge in [0, 0.05) is 6.07 Å².